The summed E-state index contributed by atoms with van der Waals surface area (Å²) in [4.78, 5) is 14.2. The number of nitrogens with one attached hydrogen (secondary N) is 1. The van der Waals surface area contributed by atoms with Crippen LogP contribution < -0.4 is 5.32 Å². The van der Waals surface area contributed by atoms with E-state index in [-0.39, 0.29) is 5.91 Å². The maximum absolute atomic E-state index is 12.3. The molecule has 0 aliphatic heterocycles. The average molecular weight is 361 g/mol. The summed E-state index contributed by atoms with van der Waals surface area (Å²) in [6, 6.07) is 22.2. The number of carbonyl (C=O) groups is 1. The first-order valence-electron chi connectivity index (χ1n) is 8.54. The minimum atomic E-state index is -0.0511. The molecule has 2 aromatic carbocycles. The standard InChI is InChI=1S/C21H19N3OS/c1-15-11-12-20(26-15)21(25)22-13-18-17-9-5-6-10-19(17)24(23-18)14-16-7-3-2-4-8-16/h2-12H,13-14H2,1H3,(H,22,25). The smallest absolute Gasteiger partial charge is 0.261 e. The van der Waals surface area contributed by atoms with E-state index in [9.17, 15) is 4.79 Å². The number of amides is 1. The number of para-hydroxylation sites is 1. The van der Waals surface area contributed by atoms with Gasteiger partial charge in [-0.15, -0.1) is 11.3 Å². The fourth-order valence-corrected chi connectivity index (χ4v) is 3.80. The molecule has 0 radical (unpaired) electrons. The predicted octanol–water partition coefficient (Wildman–Crippen LogP) is 4.38. The van der Waals surface area contributed by atoms with Crippen LogP contribution in [0.2, 0.25) is 0 Å². The van der Waals surface area contributed by atoms with Crippen molar-refractivity contribution in [3.05, 3.63) is 87.7 Å². The molecule has 0 aliphatic rings. The van der Waals surface area contributed by atoms with Crippen LogP contribution in [0.1, 0.15) is 25.8 Å². The van der Waals surface area contributed by atoms with Crippen molar-refractivity contribution in [2.75, 3.05) is 0 Å². The number of thiophene rings is 1. The molecule has 0 unspecified atom stereocenters. The van der Waals surface area contributed by atoms with E-state index in [2.05, 4.69) is 29.6 Å². The average Bonchev–Trinajstić information content (AvgIpc) is 3.25. The SMILES string of the molecule is Cc1ccc(C(=O)NCc2nn(Cc3ccccc3)c3ccccc23)s1. The Morgan fingerprint density at radius 2 is 1.81 bits per heavy atom. The Morgan fingerprint density at radius 1 is 1.04 bits per heavy atom. The first-order valence-corrected chi connectivity index (χ1v) is 9.35. The number of hydrogen-bond donors (Lipinski definition) is 1. The van der Waals surface area contributed by atoms with Gasteiger partial charge in [0, 0.05) is 10.3 Å². The van der Waals surface area contributed by atoms with Crippen LogP contribution >= 0.6 is 11.3 Å². The molecule has 2 heterocycles. The highest BCUT2D eigenvalue weighted by molar-refractivity contribution is 7.13. The number of aromatic nitrogens is 2. The molecule has 0 fully saturated rings. The summed E-state index contributed by atoms with van der Waals surface area (Å²) in [5.41, 5.74) is 3.16. The predicted molar refractivity (Wildman–Crippen MR) is 106 cm³/mol. The highest BCUT2D eigenvalue weighted by Crippen LogP contribution is 2.20. The van der Waals surface area contributed by atoms with Crippen molar-refractivity contribution in [3.8, 4) is 0 Å². The third-order valence-electron chi connectivity index (χ3n) is 4.29. The summed E-state index contributed by atoms with van der Waals surface area (Å²) in [7, 11) is 0. The molecule has 4 nitrogen and oxygen atoms in total. The molecular weight excluding hydrogens is 342 g/mol. The van der Waals surface area contributed by atoms with E-state index in [0.29, 0.717) is 13.1 Å². The Hall–Kier alpha value is -2.92. The number of aryl methyl sites for hydroxylation is 1. The zero-order chi connectivity index (χ0) is 17.9. The molecule has 5 heteroatoms. The number of rotatable bonds is 5. The second-order valence-corrected chi connectivity index (χ2v) is 7.49. The van der Waals surface area contributed by atoms with Crippen molar-refractivity contribution in [3.63, 3.8) is 0 Å². The van der Waals surface area contributed by atoms with Gasteiger partial charge >= 0.3 is 0 Å². The fraction of sp³-hybridized carbons (Fsp3) is 0.143. The first kappa shape index (κ1) is 16.5. The molecule has 130 valence electrons. The summed E-state index contributed by atoms with van der Waals surface area (Å²) in [6.45, 7) is 3.12. The normalized spacial score (nSPS) is 11.0. The molecule has 1 amide bonds. The van der Waals surface area contributed by atoms with Crippen molar-refractivity contribution < 1.29 is 4.79 Å². The van der Waals surface area contributed by atoms with Gasteiger partial charge in [0.05, 0.1) is 29.2 Å². The van der Waals surface area contributed by atoms with Crippen LogP contribution in [0.25, 0.3) is 10.9 Å². The van der Waals surface area contributed by atoms with Crippen LogP contribution in [0, 0.1) is 6.92 Å². The number of carbonyl (C=O) groups excluding carboxylic acids is 1. The maximum Gasteiger partial charge on any atom is 0.261 e. The molecule has 0 spiro atoms. The van der Waals surface area contributed by atoms with E-state index in [1.54, 1.807) is 0 Å². The van der Waals surface area contributed by atoms with Crippen molar-refractivity contribution in [1.82, 2.24) is 15.1 Å². The van der Waals surface area contributed by atoms with E-state index in [4.69, 9.17) is 5.10 Å². The third kappa shape index (κ3) is 3.39. The lowest BCUT2D eigenvalue weighted by molar-refractivity contribution is 0.0954. The van der Waals surface area contributed by atoms with Gasteiger partial charge < -0.3 is 5.32 Å². The molecular formula is C21H19N3OS. The molecule has 4 aromatic rings. The van der Waals surface area contributed by atoms with E-state index >= 15 is 0 Å². The van der Waals surface area contributed by atoms with E-state index in [1.165, 1.54) is 16.9 Å². The van der Waals surface area contributed by atoms with Crippen molar-refractivity contribution in [2.45, 2.75) is 20.0 Å². The lowest BCUT2D eigenvalue weighted by Crippen LogP contribution is -2.22. The van der Waals surface area contributed by atoms with Crippen LogP contribution in [0.15, 0.2) is 66.7 Å². The molecule has 26 heavy (non-hydrogen) atoms. The van der Waals surface area contributed by atoms with Crippen LogP contribution in [0.4, 0.5) is 0 Å². The van der Waals surface area contributed by atoms with Crippen LogP contribution in [0.3, 0.4) is 0 Å². The van der Waals surface area contributed by atoms with Crippen molar-refractivity contribution >= 4 is 28.1 Å². The minimum absolute atomic E-state index is 0.0511. The summed E-state index contributed by atoms with van der Waals surface area (Å²) in [6.07, 6.45) is 0. The molecule has 0 saturated heterocycles. The number of fused-ring (bicyclic) bond motifs is 1. The van der Waals surface area contributed by atoms with Gasteiger partial charge in [-0.25, -0.2) is 0 Å². The summed E-state index contributed by atoms with van der Waals surface area (Å²) in [5.74, 6) is -0.0511. The van der Waals surface area contributed by atoms with Gasteiger partial charge in [0.15, 0.2) is 0 Å². The second kappa shape index (κ2) is 7.14. The Balaban J connectivity index is 1.58. The van der Waals surface area contributed by atoms with Crippen LogP contribution in [0.5, 0.6) is 0 Å². The molecule has 0 bridgehead atoms. The lowest BCUT2D eigenvalue weighted by Gasteiger charge is -2.03. The quantitative estimate of drug-likeness (QED) is 0.573. The molecule has 4 rings (SSSR count). The first-order chi connectivity index (χ1) is 12.7. The zero-order valence-corrected chi connectivity index (χ0v) is 15.3. The number of nitrogens with zero attached hydrogens (tertiary/aromatic N) is 2. The summed E-state index contributed by atoms with van der Waals surface area (Å²) in [5, 5.41) is 8.83. The topological polar surface area (TPSA) is 46.9 Å². The molecule has 2 aromatic heterocycles. The fourth-order valence-electron chi connectivity index (χ4n) is 3.01. The van der Waals surface area contributed by atoms with E-state index in [1.807, 2.05) is 54.1 Å². The van der Waals surface area contributed by atoms with Crippen molar-refractivity contribution in [1.29, 1.82) is 0 Å². The van der Waals surface area contributed by atoms with Gasteiger partial charge in [0.25, 0.3) is 5.91 Å². The monoisotopic (exact) mass is 361 g/mol. The summed E-state index contributed by atoms with van der Waals surface area (Å²) < 4.78 is 2.00. The van der Waals surface area contributed by atoms with E-state index < -0.39 is 0 Å². The molecule has 0 atom stereocenters. The Morgan fingerprint density at radius 3 is 2.58 bits per heavy atom. The number of benzene rings is 2. The van der Waals surface area contributed by atoms with Gasteiger partial charge in [0.1, 0.15) is 0 Å². The number of hydrogen-bond acceptors (Lipinski definition) is 3. The largest absolute Gasteiger partial charge is 0.346 e. The Bertz CT molecular complexity index is 1050. The highest BCUT2D eigenvalue weighted by atomic mass is 32.1. The second-order valence-electron chi connectivity index (χ2n) is 6.20. The Labute approximate surface area is 156 Å². The van der Waals surface area contributed by atoms with Gasteiger partial charge in [-0.1, -0.05) is 48.5 Å². The lowest BCUT2D eigenvalue weighted by atomic mass is 10.2. The molecule has 1 N–H and O–H groups in total. The van der Waals surface area contributed by atoms with Gasteiger partial charge in [-0.05, 0) is 30.7 Å². The van der Waals surface area contributed by atoms with Gasteiger partial charge in [-0.2, -0.15) is 5.10 Å². The van der Waals surface area contributed by atoms with Crippen LogP contribution in [-0.2, 0) is 13.1 Å². The van der Waals surface area contributed by atoms with Crippen molar-refractivity contribution in [2.24, 2.45) is 0 Å². The summed E-state index contributed by atoms with van der Waals surface area (Å²) >= 11 is 1.50. The van der Waals surface area contributed by atoms with Gasteiger partial charge in [-0.3, -0.25) is 9.48 Å². The zero-order valence-electron chi connectivity index (χ0n) is 14.5. The Kier molecular flexibility index (Phi) is 4.54. The van der Waals surface area contributed by atoms with Gasteiger partial charge in [0.2, 0.25) is 0 Å². The van der Waals surface area contributed by atoms with Crippen LogP contribution in [-0.4, -0.2) is 15.7 Å². The highest BCUT2D eigenvalue weighted by Gasteiger charge is 2.13. The molecule has 0 saturated carbocycles. The third-order valence-corrected chi connectivity index (χ3v) is 5.29. The van der Waals surface area contributed by atoms with E-state index in [0.717, 1.165) is 26.4 Å². The minimum Gasteiger partial charge on any atom is -0.346 e. The molecule has 0 aliphatic carbocycles. The maximum atomic E-state index is 12.3.